The topological polar surface area (TPSA) is 39.2 Å². The molecule has 3 nitrogen and oxygen atoms in total. The van der Waals surface area contributed by atoms with Crippen molar-refractivity contribution in [3.63, 3.8) is 0 Å². The highest BCUT2D eigenvalue weighted by atomic mass is 35.5. The third-order valence-electron chi connectivity index (χ3n) is 4.15. The molecule has 0 aliphatic heterocycles. The van der Waals surface area contributed by atoms with Crippen molar-refractivity contribution in [3.05, 3.63) is 39.8 Å². The summed E-state index contributed by atoms with van der Waals surface area (Å²) in [6.07, 6.45) is 1.72. The van der Waals surface area contributed by atoms with Crippen LogP contribution in [0, 0.1) is 17.3 Å². The first-order valence-corrected chi connectivity index (χ1v) is 8.51. The summed E-state index contributed by atoms with van der Waals surface area (Å²) in [5.41, 5.74) is 0.764. The van der Waals surface area contributed by atoms with Crippen LogP contribution < -0.4 is 0 Å². The second-order valence-corrected chi connectivity index (χ2v) is 8.09. The molecule has 2 atom stereocenters. The summed E-state index contributed by atoms with van der Waals surface area (Å²) in [5.74, 6) is -0.394. The fraction of sp³-hybridized carbons (Fsp3) is 0.375. The van der Waals surface area contributed by atoms with E-state index in [-0.39, 0.29) is 34.3 Å². The number of carbonyl (C=O) groups is 1. The first kappa shape index (κ1) is 15.8. The summed E-state index contributed by atoms with van der Waals surface area (Å²) >= 11 is 12.9. The molecule has 1 fully saturated rings. The minimum atomic E-state index is -0.222. The van der Waals surface area contributed by atoms with Crippen molar-refractivity contribution in [1.82, 2.24) is 4.98 Å². The fourth-order valence-corrected chi connectivity index (χ4v) is 3.93. The largest absolute Gasteiger partial charge is 0.458 e. The zero-order valence-corrected chi connectivity index (χ0v) is 14.5. The van der Waals surface area contributed by atoms with Crippen LogP contribution in [0.1, 0.15) is 18.9 Å². The molecule has 0 radical (unpaired) electrons. The molecule has 0 bridgehead atoms. The molecular weight excluding hydrogens is 341 g/mol. The quantitative estimate of drug-likeness (QED) is 0.729. The molecule has 116 valence electrons. The zero-order chi connectivity index (χ0) is 15.9. The molecule has 0 spiro atoms. The fourth-order valence-electron chi connectivity index (χ4n) is 2.78. The summed E-state index contributed by atoms with van der Waals surface area (Å²) in [6, 6.07) is 7.86. The molecule has 3 rings (SSSR count). The van der Waals surface area contributed by atoms with Gasteiger partial charge in [-0.05, 0) is 29.5 Å². The van der Waals surface area contributed by atoms with E-state index in [9.17, 15) is 4.79 Å². The Balaban J connectivity index is 1.64. The number of aromatic nitrogens is 1. The van der Waals surface area contributed by atoms with E-state index in [0.29, 0.717) is 0 Å². The van der Waals surface area contributed by atoms with E-state index < -0.39 is 0 Å². The Morgan fingerprint density at radius 3 is 2.82 bits per heavy atom. The van der Waals surface area contributed by atoms with E-state index in [0.717, 1.165) is 15.2 Å². The standard InChI is InChI=1S/C16H15Cl2NO2S/c1-16(2)9(7-12(17)18)14(16)15(20)21-8-13-19-10-5-3-4-6-11(10)22-13/h3-7,9,14H,8H2,1-2H3. The van der Waals surface area contributed by atoms with E-state index in [1.54, 1.807) is 17.4 Å². The van der Waals surface area contributed by atoms with E-state index in [1.165, 1.54) is 0 Å². The highest BCUT2D eigenvalue weighted by Gasteiger charge is 2.61. The van der Waals surface area contributed by atoms with Gasteiger partial charge in [-0.25, -0.2) is 4.98 Å². The number of esters is 1. The van der Waals surface area contributed by atoms with Crippen LogP contribution in [0.3, 0.4) is 0 Å². The number of benzene rings is 1. The Bertz CT molecular complexity index is 716. The van der Waals surface area contributed by atoms with Crippen molar-refractivity contribution in [1.29, 1.82) is 0 Å². The number of nitrogens with zero attached hydrogens (tertiary/aromatic N) is 1. The van der Waals surface area contributed by atoms with Crippen molar-refractivity contribution in [3.8, 4) is 0 Å². The van der Waals surface area contributed by atoms with Gasteiger partial charge in [0.1, 0.15) is 16.1 Å². The highest BCUT2D eigenvalue weighted by Crippen LogP contribution is 2.60. The Labute approximate surface area is 142 Å². The van der Waals surface area contributed by atoms with Gasteiger partial charge in [0.15, 0.2) is 0 Å². The van der Waals surface area contributed by atoms with Crippen LogP contribution in [-0.2, 0) is 16.1 Å². The minimum Gasteiger partial charge on any atom is -0.458 e. The Hall–Kier alpha value is -1.10. The molecule has 1 aromatic heterocycles. The number of hydrogen-bond acceptors (Lipinski definition) is 4. The number of fused-ring (bicyclic) bond motifs is 1. The van der Waals surface area contributed by atoms with Crippen LogP contribution in [0.2, 0.25) is 0 Å². The SMILES string of the molecule is CC1(C)C(C=C(Cl)Cl)C1C(=O)OCc1nc2ccccc2s1. The van der Waals surface area contributed by atoms with Crippen LogP contribution in [0.15, 0.2) is 34.8 Å². The maximum absolute atomic E-state index is 12.2. The van der Waals surface area contributed by atoms with Crippen molar-refractivity contribution in [2.45, 2.75) is 20.5 Å². The van der Waals surface area contributed by atoms with Gasteiger partial charge in [0.05, 0.1) is 16.1 Å². The number of carbonyl (C=O) groups excluding carboxylic acids is 1. The predicted octanol–water partition coefficient (Wildman–Crippen LogP) is 4.93. The van der Waals surface area contributed by atoms with Crippen molar-refractivity contribution in [2.24, 2.45) is 17.3 Å². The van der Waals surface area contributed by atoms with Crippen LogP contribution >= 0.6 is 34.5 Å². The molecule has 2 aromatic rings. The monoisotopic (exact) mass is 355 g/mol. The average molecular weight is 356 g/mol. The van der Waals surface area contributed by atoms with Crippen molar-refractivity contribution < 1.29 is 9.53 Å². The van der Waals surface area contributed by atoms with Gasteiger partial charge < -0.3 is 4.74 Å². The summed E-state index contributed by atoms with van der Waals surface area (Å²) in [7, 11) is 0. The molecule has 1 aliphatic carbocycles. The second-order valence-electron chi connectivity index (χ2n) is 5.96. The summed E-state index contributed by atoms with van der Waals surface area (Å²) in [6.45, 7) is 4.22. The summed E-state index contributed by atoms with van der Waals surface area (Å²) in [4.78, 5) is 16.7. The molecule has 2 unspecified atom stereocenters. The van der Waals surface area contributed by atoms with Gasteiger partial charge in [-0.15, -0.1) is 11.3 Å². The Morgan fingerprint density at radius 1 is 1.41 bits per heavy atom. The predicted molar refractivity (Wildman–Crippen MR) is 90.0 cm³/mol. The van der Waals surface area contributed by atoms with Crippen molar-refractivity contribution in [2.75, 3.05) is 0 Å². The smallest absolute Gasteiger partial charge is 0.310 e. The maximum Gasteiger partial charge on any atom is 0.310 e. The van der Waals surface area contributed by atoms with Gasteiger partial charge in [-0.2, -0.15) is 0 Å². The van der Waals surface area contributed by atoms with Crippen molar-refractivity contribution >= 4 is 50.7 Å². The molecule has 1 aromatic carbocycles. The Kier molecular flexibility index (Phi) is 4.19. The number of halogens is 2. The lowest BCUT2D eigenvalue weighted by molar-refractivity contribution is -0.147. The van der Waals surface area contributed by atoms with Gasteiger partial charge >= 0.3 is 5.97 Å². The number of thiazole rings is 1. The number of allylic oxidation sites excluding steroid dienone is 1. The van der Waals surface area contributed by atoms with E-state index in [1.807, 2.05) is 38.1 Å². The van der Waals surface area contributed by atoms with Crippen LogP contribution in [0.5, 0.6) is 0 Å². The molecule has 1 heterocycles. The third-order valence-corrected chi connectivity index (χ3v) is 5.41. The third kappa shape index (κ3) is 3.00. The van der Waals surface area contributed by atoms with Crippen LogP contribution in [-0.4, -0.2) is 11.0 Å². The number of para-hydroxylation sites is 1. The van der Waals surface area contributed by atoms with Gasteiger partial charge in [0, 0.05) is 0 Å². The highest BCUT2D eigenvalue weighted by molar-refractivity contribution is 7.18. The second kappa shape index (κ2) is 5.84. The molecule has 1 saturated carbocycles. The lowest BCUT2D eigenvalue weighted by Crippen LogP contribution is -2.10. The first-order chi connectivity index (χ1) is 10.4. The molecule has 0 N–H and O–H groups in total. The lowest BCUT2D eigenvalue weighted by atomic mass is 10.1. The lowest BCUT2D eigenvalue weighted by Gasteiger charge is -2.03. The summed E-state index contributed by atoms with van der Waals surface area (Å²) < 4.78 is 6.71. The summed E-state index contributed by atoms with van der Waals surface area (Å²) in [5, 5.41) is 0.801. The normalized spacial score (nSPS) is 22.4. The van der Waals surface area contributed by atoms with Gasteiger partial charge in [0.25, 0.3) is 0 Å². The molecule has 0 saturated heterocycles. The van der Waals surface area contributed by atoms with Gasteiger partial charge in [0.2, 0.25) is 0 Å². The number of hydrogen-bond donors (Lipinski definition) is 0. The molecular formula is C16H15Cl2NO2S. The van der Waals surface area contributed by atoms with E-state index in [2.05, 4.69) is 4.98 Å². The zero-order valence-electron chi connectivity index (χ0n) is 12.2. The molecule has 22 heavy (non-hydrogen) atoms. The van der Waals surface area contributed by atoms with E-state index in [4.69, 9.17) is 27.9 Å². The maximum atomic E-state index is 12.2. The van der Waals surface area contributed by atoms with Gasteiger partial charge in [-0.3, -0.25) is 4.79 Å². The van der Waals surface area contributed by atoms with E-state index >= 15 is 0 Å². The first-order valence-electron chi connectivity index (χ1n) is 6.93. The molecule has 0 amide bonds. The van der Waals surface area contributed by atoms with Gasteiger partial charge in [-0.1, -0.05) is 49.2 Å². The number of rotatable bonds is 4. The molecule has 1 aliphatic rings. The Morgan fingerprint density at radius 2 is 2.14 bits per heavy atom. The number of ether oxygens (including phenoxy) is 1. The molecule has 6 heteroatoms. The average Bonchev–Trinajstić information content (AvgIpc) is 2.83. The van der Waals surface area contributed by atoms with Crippen LogP contribution in [0.25, 0.3) is 10.2 Å². The van der Waals surface area contributed by atoms with Crippen LogP contribution in [0.4, 0.5) is 0 Å². The minimum absolute atomic E-state index is 0.0281.